The third-order valence-electron chi connectivity index (χ3n) is 3.82. The fourth-order valence-electron chi connectivity index (χ4n) is 2.56. The Morgan fingerprint density at radius 2 is 1.95 bits per heavy atom. The Labute approximate surface area is 130 Å². The molecule has 0 saturated carbocycles. The van der Waals surface area contributed by atoms with Crippen LogP contribution < -0.4 is 10.6 Å². The lowest BCUT2D eigenvalue weighted by Gasteiger charge is -2.32. The Balaban J connectivity index is 0.00000220. The van der Waals surface area contributed by atoms with E-state index in [0.717, 1.165) is 19.4 Å². The average Bonchev–Trinajstić information content (AvgIpc) is 2.95. The first-order valence-corrected chi connectivity index (χ1v) is 7.20. The molecule has 2 aliphatic rings. The molecule has 8 heteroatoms. The van der Waals surface area contributed by atoms with Gasteiger partial charge in [-0.15, -0.1) is 12.4 Å². The molecular formula is C13H23ClN4O3. The van der Waals surface area contributed by atoms with Gasteiger partial charge in [0.25, 0.3) is 0 Å². The second-order valence-electron chi connectivity index (χ2n) is 5.21. The van der Waals surface area contributed by atoms with Gasteiger partial charge >= 0.3 is 11.8 Å². The molecule has 2 N–H and O–H groups in total. The van der Waals surface area contributed by atoms with E-state index in [1.807, 2.05) is 6.92 Å². The second kappa shape index (κ2) is 8.19. The number of rotatable bonds is 5. The first kappa shape index (κ1) is 17.7. The Bertz CT molecular complexity index is 399. The number of hydrogen-bond donors (Lipinski definition) is 2. The van der Waals surface area contributed by atoms with Crippen LogP contribution in [-0.2, 0) is 14.4 Å². The summed E-state index contributed by atoms with van der Waals surface area (Å²) < 4.78 is 0. The van der Waals surface area contributed by atoms with Crippen LogP contribution in [0, 0.1) is 0 Å². The molecule has 0 spiro atoms. The van der Waals surface area contributed by atoms with Crippen molar-refractivity contribution < 1.29 is 14.4 Å². The maximum absolute atomic E-state index is 11.8. The van der Waals surface area contributed by atoms with Crippen molar-refractivity contribution in [2.24, 2.45) is 0 Å². The zero-order chi connectivity index (χ0) is 14.5. The highest BCUT2D eigenvalue weighted by Crippen LogP contribution is 2.05. The van der Waals surface area contributed by atoms with Crippen molar-refractivity contribution in [3.63, 3.8) is 0 Å². The Morgan fingerprint density at radius 1 is 1.29 bits per heavy atom. The van der Waals surface area contributed by atoms with E-state index in [1.54, 1.807) is 0 Å². The maximum Gasteiger partial charge on any atom is 0.312 e. The van der Waals surface area contributed by atoms with Gasteiger partial charge in [-0.05, 0) is 26.3 Å². The number of nitrogens with zero attached hydrogens (tertiary/aromatic N) is 2. The lowest BCUT2D eigenvalue weighted by atomic mass is 10.2. The molecule has 3 amide bonds. The molecule has 0 aromatic carbocycles. The highest BCUT2D eigenvalue weighted by molar-refractivity contribution is 6.35. The molecule has 2 fully saturated rings. The summed E-state index contributed by atoms with van der Waals surface area (Å²) in [5, 5.41) is 6.10. The summed E-state index contributed by atoms with van der Waals surface area (Å²) in [6, 6.07) is 0.327. The van der Waals surface area contributed by atoms with E-state index >= 15 is 0 Å². The summed E-state index contributed by atoms with van der Waals surface area (Å²) in [4.78, 5) is 38.2. The Kier molecular flexibility index (Phi) is 6.91. The van der Waals surface area contributed by atoms with Gasteiger partial charge in [-0.3, -0.25) is 14.4 Å². The van der Waals surface area contributed by atoms with Crippen molar-refractivity contribution in [3.8, 4) is 0 Å². The molecule has 21 heavy (non-hydrogen) atoms. The van der Waals surface area contributed by atoms with E-state index in [9.17, 15) is 14.4 Å². The molecule has 2 heterocycles. The van der Waals surface area contributed by atoms with Gasteiger partial charge in [0.1, 0.15) is 6.54 Å². The number of piperazine rings is 1. The summed E-state index contributed by atoms with van der Waals surface area (Å²) in [5.41, 5.74) is 0. The minimum Gasteiger partial charge on any atom is -0.353 e. The van der Waals surface area contributed by atoms with Crippen LogP contribution in [0.2, 0.25) is 0 Å². The van der Waals surface area contributed by atoms with Crippen molar-refractivity contribution in [2.75, 3.05) is 39.3 Å². The van der Waals surface area contributed by atoms with E-state index in [4.69, 9.17) is 0 Å². The van der Waals surface area contributed by atoms with Gasteiger partial charge in [0.2, 0.25) is 5.91 Å². The number of likely N-dealkylation sites (N-methyl/N-ethyl adjacent to an activating group) is 1. The molecule has 2 saturated heterocycles. The highest BCUT2D eigenvalue weighted by atomic mass is 35.5. The maximum atomic E-state index is 11.8. The Hall–Kier alpha value is -1.34. The minimum atomic E-state index is -0.577. The molecule has 2 rings (SSSR count). The monoisotopic (exact) mass is 318 g/mol. The first-order valence-electron chi connectivity index (χ1n) is 7.20. The third kappa shape index (κ3) is 4.57. The second-order valence-corrected chi connectivity index (χ2v) is 5.21. The van der Waals surface area contributed by atoms with E-state index in [-0.39, 0.29) is 24.9 Å². The van der Waals surface area contributed by atoms with Crippen molar-refractivity contribution in [3.05, 3.63) is 0 Å². The van der Waals surface area contributed by atoms with Crippen LogP contribution in [0.1, 0.15) is 19.8 Å². The third-order valence-corrected chi connectivity index (χ3v) is 3.82. The zero-order valence-electron chi connectivity index (χ0n) is 12.3. The lowest BCUT2D eigenvalue weighted by molar-refractivity contribution is -0.156. The standard InChI is InChI=1S/C13H22N4O3.ClH/c1-2-16-6-7-17(13(20)12(16)19)9-11(18)15-8-10-4-3-5-14-10;/h10,14H,2-9H2,1H3,(H,15,18);1H. The summed E-state index contributed by atoms with van der Waals surface area (Å²) in [6.45, 7) is 4.82. The van der Waals surface area contributed by atoms with Crippen molar-refractivity contribution in [2.45, 2.75) is 25.8 Å². The van der Waals surface area contributed by atoms with E-state index in [2.05, 4.69) is 10.6 Å². The predicted octanol–water partition coefficient (Wildman–Crippen LogP) is -1.03. The number of halogens is 1. The summed E-state index contributed by atoms with van der Waals surface area (Å²) >= 11 is 0. The summed E-state index contributed by atoms with van der Waals surface area (Å²) in [6.07, 6.45) is 2.19. The quantitative estimate of drug-likeness (QED) is 0.635. The van der Waals surface area contributed by atoms with E-state index in [1.165, 1.54) is 9.80 Å². The van der Waals surface area contributed by atoms with Gasteiger partial charge < -0.3 is 20.4 Å². The number of carbonyl (C=O) groups excluding carboxylic acids is 3. The molecule has 0 aromatic rings. The molecule has 120 valence electrons. The van der Waals surface area contributed by atoms with Crippen LogP contribution in [0.5, 0.6) is 0 Å². The fourth-order valence-corrected chi connectivity index (χ4v) is 2.56. The van der Waals surface area contributed by atoms with Gasteiger partial charge in [-0.25, -0.2) is 0 Å². The van der Waals surface area contributed by atoms with Crippen LogP contribution in [0.25, 0.3) is 0 Å². The van der Waals surface area contributed by atoms with Gasteiger partial charge in [-0.1, -0.05) is 0 Å². The number of nitrogens with one attached hydrogen (secondary N) is 2. The predicted molar refractivity (Wildman–Crippen MR) is 80.1 cm³/mol. The van der Waals surface area contributed by atoms with Crippen LogP contribution in [0.3, 0.4) is 0 Å². The normalized spacial score (nSPS) is 22.2. The van der Waals surface area contributed by atoms with Gasteiger partial charge in [0.05, 0.1) is 0 Å². The van der Waals surface area contributed by atoms with Gasteiger partial charge in [0.15, 0.2) is 0 Å². The average molecular weight is 319 g/mol. The number of hydrogen-bond acceptors (Lipinski definition) is 4. The summed E-state index contributed by atoms with van der Waals surface area (Å²) in [5.74, 6) is -1.29. The fraction of sp³-hybridized carbons (Fsp3) is 0.769. The number of carbonyl (C=O) groups is 3. The van der Waals surface area contributed by atoms with E-state index < -0.39 is 11.8 Å². The molecule has 1 unspecified atom stereocenters. The molecule has 0 radical (unpaired) electrons. The highest BCUT2D eigenvalue weighted by Gasteiger charge is 2.32. The van der Waals surface area contributed by atoms with Crippen molar-refractivity contribution >= 4 is 30.1 Å². The van der Waals surface area contributed by atoms with Crippen LogP contribution >= 0.6 is 12.4 Å². The molecule has 2 aliphatic heterocycles. The first-order chi connectivity index (χ1) is 9.61. The van der Waals surface area contributed by atoms with Crippen molar-refractivity contribution in [1.29, 1.82) is 0 Å². The molecule has 7 nitrogen and oxygen atoms in total. The zero-order valence-corrected chi connectivity index (χ0v) is 13.1. The van der Waals surface area contributed by atoms with Crippen LogP contribution in [-0.4, -0.2) is 72.8 Å². The largest absolute Gasteiger partial charge is 0.353 e. The molecular weight excluding hydrogens is 296 g/mol. The van der Waals surface area contributed by atoms with Crippen LogP contribution in [0.15, 0.2) is 0 Å². The van der Waals surface area contributed by atoms with Crippen molar-refractivity contribution in [1.82, 2.24) is 20.4 Å². The van der Waals surface area contributed by atoms with Gasteiger partial charge in [0, 0.05) is 32.2 Å². The van der Waals surface area contributed by atoms with Gasteiger partial charge in [-0.2, -0.15) is 0 Å². The van der Waals surface area contributed by atoms with Crippen LogP contribution in [0.4, 0.5) is 0 Å². The topological polar surface area (TPSA) is 81.8 Å². The number of amides is 3. The molecule has 1 atom stereocenters. The molecule has 0 bridgehead atoms. The molecule has 0 aliphatic carbocycles. The SMILES string of the molecule is CCN1CCN(CC(=O)NCC2CCCN2)C(=O)C1=O.Cl. The van der Waals surface area contributed by atoms with E-state index in [0.29, 0.717) is 32.2 Å². The molecule has 0 aromatic heterocycles. The minimum absolute atomic E-state index is 0. The lowest BCUT2D eigenvalue weighted by Crippen LogP contribution is -2.56. The Morgan fingerprint density at radius 3 is 2.57 bits per heavy atom. The smallest absolute Gasteiger partial charge is 0.312 e. The summed E-state index contributed by atoms with van der Waals surface area (Å²) in [7, 11) is 0.